The SMILES string of the molecule is CO[C@H]1C[C@H]2CSC(N(C(=O)O)C(C)(C)C)=N[C@@]2(c2cc([N+](=O)[O-])ccc2F)C1. The summed E-state index contributed by atoms with van der Waals surface area (Å²) in [6, 6.07) is 3.42. The molecule has 3 rings (SSSR count). The van der Waals surface area contributed by atoms with Crippen LogP contribution in [0.3, 0.4) is 0 Å². The van der Waals surface area contributed by atoms with Gasteiger partial charge in [0.25, 0.3) is 5.69 Å². The lowest BCUT2D eigenvalue weighted by atomic mass is 9.81. The van der Waals surface area contributed by atoms with E-state index in [1.54, 1.807) is 27.9 Å². The van der Waals surface area contributed by atoms with Gasteiger partial charge in [0, 0.05) is 48.4 Å². The van der Waals surface area contributed by atoms with Gasteiger partial charge in [0.2, 0.25) is 0 Å². The van der Waals surface area contributed by atoms with Gasteiger partial charge in [-0.25, -0.2) is 14.2 Å². The number of carboxylic acid groups (broad SMARTS) is 1. The first-order valence-electron chi connectivity index (χ1n) is 9.22. The van der Waals surface area contributed by atoms with Crippen LogP contribution in [0.15, 0.2) is 23.2 Å². The number of nitro benzene ring substituents is 1. The Morgan fingerprint density at radius 3 is 2.72 bits per heavy atom. The smallest absolute Gasteiger partial charge is 0.413 e. The number of amidine groups is 1. The molecule has 0 aromatic heterocycles. The van der Waals surface area contributed by atoms with E-state index < -0.39 is 27.9 Å². The van der Waals surface area contributed by atoms with E-state index >= 15 is 0 Å². The van der Waals surface area contributed by atoms with Crippen LogP contribution in [0.1, 0.15) is 39.2 Å². The fourth-order valence-electron chi connectivity index (χ4n) is 4.13. The van der Waals surface area contributed by atoms with E-state index in [2.05, 4.69) is 0 Å². The second-order valence-electron chi connectivity index (χ2n) is 8.33. The van der Waals surface area contributed by atoms with E-state index in [9.17, 15) is 24.4 Å². The first-order chi connectivity index (χ1) is 13.5. The lowest BCUT2D eigenvalue weighted by molar-refractivity contribution is -0.385. The van der Waals surface area contributed by atoms with Crippen LogP contribution in [-0.4, -0.2) is 50.7 Å². The molecule has 158 valence electrons. The number of thioether (sulfide) groups is 1. The van der Waals surface area contributed by atoms with Gasteiger partial charge in [-0.15, -0.1) is 0 Å². The van der Waals surface area contributed by atoms with Crippen molar-refractivity contribution in [3.63, 3.8) is 0 Å². The monoisotopic (exact) mass is 425 g/mol. The van der Waals surface area contributed by atoms with Crippen LogP contribution in [0, 0.1) is 21.8 Å². The van der Waals surface area contributed by atoms with Crippen LogP contribution in [-0.2, 0) is 10.3 Å². The molecule has 8 nitrogen and oxygen atoms in total. The number of benzene rings is 1. The summed E-state index contributed by atoms with van der Waals surface area (Å²) in [4.78, 5) is 28.6. The maximum Gasteiger partial charge on any atom is 0.413 e. The number of rotatable bonds is 3. The van der Waals surface area contributed by atoms with Crippen molar-refractivity contribution in [3.8, 4) is 0 Å². The van der Waals surface area contributed by atoms with Gasteiger partial charge >= 0.3 is 6.09 Å². The van der Waals surface area contributed by atoms with Gasteiger partial charge in [-0.2, -0.15) is 0 Å². The number of hydrogen-bond donors (Lipinski definition) is 1. The van der Waals surface area contributed by atoms with Crippen molar-refractivity contribution in [1.82, 2.24) is 4.90 Å². The van der Waals surface area contributed by atoms with Crippen LogP contribution < -0.4 is 0 Å². The van der Waals surface area contributed by atoms with Crippen molar-refractivity contribution in [2.45, 2.75) is 50.8 Å². The number of aliphatic imine (C=N–C) groups is 1. The molecule has 1 amide bonds. The fourth-order valence-corrected chi connectivity index (χ4v) is 5.60. The molecule has 1 aliphatic heterocycles. The molecule has 1 N–H and O–H groups in total. The average Bonchev–Trinajstić information content (AvgIpc) is 2.99. The van der Waals surface area contributed by atoms with E-state index in [0.717, 1.165) is 12.1 Å². The molecule has 0 unspecified atom stereocenters. The third kappa shape index (κ3) is 3.83. The van der Waals surface area contributed by atoms with Crippen LogP contribution in [0.25, 0.3) is 0 Å². The Kier molecular flexibility index (Phi) is 5.61. The number of ether oxygens (including phenoxy) is 1. The highest BCUT2D eigenvalue weighted by molar-refractivity contribution is 8.13. The zero-order chi connectivity index (χ0) is 21.6. The third-order valence-electron chi connectivity index (χ3n) is 5.48. The van der Waals surface area contributed by atoms with E-state index in [1.807, 2.05) is 0 Å². The summed E-state index contributed by atoms with van der Waals surface area (Å²) >= 11 is 1.31. The summed E-state index contributed by atoms with van der Waals surface area (Å²) in [6.45, 7) is 5.26. The van der Waals surface area contributed by atoms with Crippen LogP contribution >= 0.6 is 11.8 Å². The molecule has 29 heavy (non-hydrogen) atoms. The standard InChI is InChI=1S/C19H24FN3O5S/c1-18(2,3)22(17(24)25)16-21-19(9-13(28-4)7-11(19)10-29-16)14-8-12(23(26)27)5-6-15(14)20/h5-6,8,11,13H,7,9-10H2,1-4H3,(H,24,25)/t11-,13-,19-/m0/s1. The van der Waals surface area contributed by atoms with Gasteiger partial charge in [0.15, 0.2) is 5.17 Å². The molecule has 0 bridgehead atoms. The zero-order valence-corrected chi connectivity index (χ0v) is 17.5. The predicted octanol–water partition coefficient (Wildman–Crippen LogP) is 4.24. The van der Waals surface area contributed by atoms with Crippen LogP contribution in [0.4, 0.5) is 14.9 Å². The molecule has 0 radical (unpaired) electrons. The van der Waals surface area contributed by atoms with Crippen molar-refractivity contribution < 1.29 is 24.0 Å². The van der Waals surface area contributed by atoms with Gasteiger partial charge in [-0.05, 0) is 33.3 Å². The van der Waals surface area contributed by atoms with Gasteiger partial charge < -0.3 is 9.84 Å². The molecule has 1 aromatic carbocycles. The van der Waals surface area contributed by atoms with Crippen molar-refractivity contribution in [3.05, 3.63) is 39.7 Å². The molecular weight excluding hydrogens is 401 g/mol. The minimum absolute atomic E-state index is 0.119. The number of fused-ring (bicyclic) bond motifs is 1. The normalized spacial score (nSPS) is 26.6. The number of non-ortho nitro benzene ring substituents is 1. The molecule has 0 spiro atoms. The molecule has 1 saturated carbocycles. The average molecular weight is 425 g/mol. The molecule has 0 saturated heterocycles. The Hall–Kier alpha value is -2.20. The predicted molar refractivity (Wildman–Crippen MR) is 108 cm³/mol. The summed E-state index contributed by atoms with van der Waals surface area (Å²) in [6.07, 6.45) is -0.410. The Labute approximate surface area is 172 Å². The van der Waals surface area contributed by atoms with Crippen molar-refractivity contribution in [2.24, 2.45) is 10.9 Å². The Balaban J connectivity index is 2.21. The number of hydrogen-bond acceptors (Lipinski definition) is 6. The maximum absolute atomic E-state index is 14.9. The van der Waals surface area contributed by atoms with Crippen molar-refractivity contribution >= 4 is 28.7 Å². The maximum atomic E-state index is 14.9. The van der Waals surface area contributed by atoms with Crippen LogP contribution in [0.2, 0.25) is 0 Å². The third-order valence-corrected chi connectivity index (χ3v) is 6.59. The summed E-state index contributed by atoms with van der Waals surface area (Å²) in [5, 5.41) is 21.3. The highest BCUT2D eigenvalue weighted by Crippen LogP contribution is 2.53. The topological polar surface area (TPSA) is 105 Å². The molecule has 1 heterocycles. The Bertz CT molecular complexity index is 872. The molecular formula is C19H24FN3O5S. The lowest BCUT2D eigenvalue weighted by Gasteiger charge is -2.41. The van der Waals surface area contributed by atoms with Gasteiger partial charge in [-0.1, -0.05) is 11.8 Å². The minimum Gasteiger partial charge on any atom is -0.465 e. The first kappa shape index (κ1) is 21.5. The zero-order valence-electron chi connectivity index (χ0n) is 16.7. The lowest BCUT2D eigenvalue weighted by Crippen LogP contribution is -2.50. The highest BCUT2D eigenvalue weighted by atomic mass is 32.2. The number of nitro groups is 1. The molecule has 1 fully saturated rings. The second-order valence-corrected chi connectivity index (χ2v) is 9.32. The quantitative estimate of drug-likeness (QED) is 0.574. The number of methoxy groups -OCH3 is 1. The minimum atomic E-state index is -1.15. The van der Waals surface area contributed by atoms with E-state index in [0.29, 0.717) is 18.6 Å². The molecule has 1 aliphatic carbocycles. The van der Waals surface area contributed by atoms with Gasteiger partial charge in [0.05, 0.1) is 16.6 Å². The number of halogens is 1. The number of nitrogens with zero attached hydrogens (tertiary/aromatic N) is 3. The first-order valence-corrected chi connectivity index (χ1v) is 10.2. The van der Waals surface area contributed by atoms with Gasteiger partial charge in [-0.3, -0.25) is 15.0 Å². The second kappa shape index (κ2) is 7.56. The number of amides is 1. The van der Waals surface area contributed by atoms with Crippen molar-refractivity contribution in [1.29, 1.82) is 0 Å². The molecule has 2 aliphatic rings. The fraction of sp³-hybridized carbons (Fsp3) is 0.579. The molecule has 3 atom stereocenters. The Morgan fingerprint density at radius 2 is 2.17 bits per heavy atom. The highest BCUT2D eigenvalue weighted by Gasteiger charge is 2.53. The van der Waals surface area contributed by atoms with Crippen LogP contribution in [0.5, 0.6) is 0 Å². The van der Waals surface area contributed by atoms with E-state index in [-0.39, 0.29) is 28.4 Å². The molecule has 1 aromatic rings. The van der Waals surface area contributed by atoms with E-state index in [4.69, 9.17) is 9.73 Å². The summed E-state index contributed by atoms with van der Waals surface area (Å²) < 4.78 is 20.4. The van der Waals surface area contributed by atoms with Crippen molar-refractivity contribution in [2.75, 3.05) is 12.9 Å². The molecule has 10 heteroatoms. The number of carbonyl (C=O) groups is 1. The van der Waals surface area contributed by atoms with Gasteiger partial charge in [0.1, 0.15) is 5.82 Å². The Morgan fingerprint density at radius 1 is 1.48 bits per heavy atom. The summed E-state index contributed by atoms with van der Waals surface area (Å²) in [7, 11) is 1.57. The largest absolute Gasteiger partial charge is 0.465 e. The van der Waals surface area contributed by atoms with E-state index in [1.165, 1.54) is 22.7 Å². The summed E-state index contributed by atoms with van der Waals surface area (Å²) in [5.74, 6) is -0.209. The summed E-state index contributed by atoms with van der Waals surface area (Å²) in [5.41, 5.74) is -1.98.